The van der Waals surface area contributed by atoms with Crippen LogP contribution in [0.1, 0.15) is 27.8 Å². The molecule has 0 bridgehead atoms. The number of benzene rings is 1. The third-order valence-electron chi connectivity index (χ3n) is 3.66. The van der Waals surface area contributed by atoms with Gasteiger partial charge in [0.2, 0.25) is 0 Å². The van der Waals surface area contributed by atoms with Crippen LogP contribution in [0.2, 0.25) is 0 Å². The Labute approximate surface area is 127 Å². The molecule has 0 aliphatic rings. The first-order chi connectivity index (χ1) is 9.81. The normalized spacial score (nSPS) is 10.6. The second-order valence-electron chi connectivity index (χ2n) is 5.09. The van der Waals surface area contributed by atoms with Crippen LogP contribution in [-0.4, -0.2) is 14.8 Å². The summed E-state index contributed by atoms with van der Waals surface area (Å²) in [6.07, 6.45) is 0. The van der Waals surface area contributed by atoms with Crippen LogP contribution in [0, 0.1) is 20.8 Å². The van der Waals surface area contributed by atoms with Gasteiger partial charge in [-0.1, -0.05) is 24.4 Å². The Bertz CT molecular complexity index is 834. The fraction of sp³-hybridized carbons (Fsp3) is 0.267. The van der Waals surface area contributed by atoms with Gasteiger partial charge in [0, 0.05) is 16.7 Å². The summed E-state index contributed by atoms with van der Waals surface area (Å²) in [6.45, 7) is 5.52. The Kier molecular flexibility index (Phi) is 4.09. The summed E-state index contributed by atoms with van der Waals surface area (Å²) in [4.78, 5) is 24.3. The fourth-order valence-corrected chi connectivity index (χ4v) is 2.23. The summed E-state index contributed by atoms with van der Waals surface area (Å²) in [7, 11) is 0. The number of aromatic amines is 1. The average molecular weight is 303 g/mol. The highest BCUT2D eigenvalue weighted by molar-refractivity contribution is 7.80. The van der Waals surface area contributed by atoms with Gasteiger partial charge in [-0.3, -0.25) is 14.7 Å². The minimum absolute atomic E-state index is 0.190. The van der Waals surface area contributed by atoms with Crippen molar-refractivity contribution in [3.05, 3.63) is 66.7 Å². The molecule has 1 heterocycles. The molecule has 0 aliphatic heterocycles. The van der Waals surface area contributed by atoms with E-state index in [4.69, 9.17) is 18.0 Å². The lowest BCUT2D eigenvalue weighted by atomic mass is 10.0. The number of aryl methyl sites for hydroxylation is 1. The summed E-state index contributed by atoms with van der Waals surface area (Å²) in [5.41, 5.74) is 8.76. The maximum atomic E-state index is 12.2. The summed E-state index contributed by atoms with van der Waals surface area (Å²) in [5.74, 6) is 0. The number of rotatable bonds is 3. The number of thiocarbonyl (C=S) groups is 1. The molecule has 1 aromatic heterocycles. The molecule has 21 heavy (non-hydrogen) atoms. The third kappa shape index (κ3) is 2.95. The number of aromatic nitrogens is 2. The maximum Gasteiger partial charge on any atom is 0.268 e. The molecule has 2 aromatic rings. The van der Waals surface area contributed by atoms with Crippen molar-refractivity contribution in [3.8, 4) is 0 Å². The van der Waals surface area contributed by atoms with Gasteiger partial charge in [-0.25, -0.2) is 4.68 Å². The van der Waals surface area contributed by atoms with Crippen LogP contribution in [0.25, 0.3) is 0 Å². The summed E-state index contributed by atoms with van der Waals surface area (Å²) < 4.78 is 1.33. The summed E-state index contributed by atoms with van der Waals surface area (Å²) in [5, 5.41) is 2.60. The molecular weight excluding hydrogens is 286 g/mol. The van der Waals surface area contributed by atoms with Gasteiger partial charge >= 0.3 is 0 Å². The van der Waals surface area contributed by atoms with Crippen molar-refractivity contribution >= 4 is 17.2 Å². The van der Waals surface area contributed by atoms with Crippen LogP contribution in [0.3, 0.4) is 0 Å². The van der Waals surface area contributed by atoms with Gasteiger partial charge in [-0.05, 0) is 38.0 Å². The van der Waals surface area contributed by atoms with Gasteiger partial charge in [0.05, 0.1) is 6.54 Å². The molecule has 0 fully saturated rings. The summed E-state index contributed by atoms with van der Waals surface area (Å²) in [6, 6.07) is 5.56. The Balaban J connectivity index is 2.46. The zero-order chi connectivity index (χ0) is 15.7. The topological polar surface area (TPSA) is 80.9 Å². The third-order valence-corrected chi connectivity index (χ3v) is 3.90. The SMILES string of the molecule is Cc1cc(C(N)=S)ccc1Cn1[nH]c(=O)c(C)c(C)c1=O. The Morgan fingerprint density at radius 2 is 1.90 bits per heavy atom. The number of nitrogens with zero attached hydrogens (tertiary/aromatic N) is 1. The highest BCUT2D eigenvalue weighted by Gasteiger charge is 2.09. The van der Waals surface area contributed by atoms with E-state index in [0.717, 1.165) is 16.7 Å². The van der Waals surface area contributed by atoms with Gasteiger partial charge in [0.25, 0.3) is 11.1 Å². The highest BCUT2D eigenvalue weighted by atomic mass is 32.1. The molecule has 0 spiro atoms. The van der Waals surface area contributed by atoms with E-state index in [2.05, 4.69) is 5.10 Å². The molecule has 0 saturated heterocycles. The van der Waals surface area contributed by atoms with E-state index in [9.17, 15) is 9.59 Å². The van der Waals surface area contributed by atoms with Crippen molar-refractivity contribution in [2.24, 2.45) is 5.73 Å². The van der Waals surface area contributed by atoms with E-state index in [1.807, 2.05) is 25.1 Å². The summed E-state index contributed by atoms with van der Waals surface area (Å²) >= 11 is 4.94. The van der Waals surface area contributed by atoms with Crippen molar-refractivity contribution < 1.29 is 0 Å². The van der Waals surface area contributed by atoms with Crippen molar-refractivity contribution in [2.45, 2.75) is 27.3 Å². The average Bonchev–Trinajstić information content (AvgIpc) is 2.44. The standard InChI is InChI=1S/C15H17N3O2S/c1-8-6-11(13(16)21)4-5-12(8)7-18-15(20)10(3)9(2)14(19)17-18/h4-6H,7H2,1-3H3,(H2,16,21)(H,17,19). The second-order valence-corrected chi connectivity index (χ2v) is 5.53. The zero-order valence-corrected chi connectivity index (χ0v) is 13.0. The minimum atomic E-state index is -0.246. The number of hydrogen-bond acceptors (Lipinski definition) is 3. The molecule has 0 aliphatic carbocycles. The van der Waals surface area contributed by atoms with E-state index in [-0.39, 0.29) is 11.1 Å². The maximum absolute atomic E-state index is 12.2. The molecular formula is C15H17N3O2S. The lowest BCUT2D eigenvalue weighted by Gasteiger charge is -2.11. The highest BCUT2D eigenvalue weighted by Crippen LogP contribution is 2.12. The predicted molar refractivity (Wildman–Crippen MR) is 87.0 cm³/mol. The molecule has 0 amide bonds. The lowest BCUT2D eigenvalue weighted by molar-refractivity contribution is 0.616. The zero-order valence-electron chi connectivity index (χ0n) is 12.2. The first kappa shape index (κ1) is 15.2. The molecule has 0 radical (unpaired) electrons. The first-order valence-electron chi connectivity index (χ1n) is 6.51. The molecule has 0 saturated carbocycles. The molecule has 6 heteroatoms. The van der Waals surface area contributed by atoms with Gasteiger partial charge in [0.1, 0.15) is 4.99 Å². The van der Waals surface area contributed by atoms with Gasteiger partial charge in [0.15, 0.2) is 0 Å². The second kappa shape index (κ2) is 5.65. The number of H-pyrrole nitrogens is 1. The van der Waals surface area contributed by atoms with Gasteiger partial charge in [-0.2, -0.15) is 0 Å². The number of hydrogen-bond donors (Lipinski definition) is 2. The monoisotopic (exact) mass is 303 g/mol. The Morgan fingerprint density at radius 1 is 1.24 bits per heavy atom. The minimum Gasteiger partial charge on any atom is -0.389 e. The predicted octanol–water partition coefficient (Wildman–Crippen LogP) is 1.14. The van der Waals surface area contributed by atoms with Crippen LogP contribution < -0.4 is 16.9 Å². The van der Waals surface area contributed by atoms with Crippen molar-refractivity contribution in [1.29, 1.82) is 0 Å². The quantitative estimate of drug-likeness (QED) is 0.833. The first-order valence-corrected chi connectivity index (χ1v) is 6.91. The van der Waals surface area contributed by atoms with Crippen molar-refractivity contribution in [1.82, 2.24) is 9.78 Å². The molecule has 5 nitrogen and oxygen atoms in total. The molecule has 2 rings (SSSR count). The van der Waals surface area contributed by atoms with Crippen LogP contribution >= 0.6 is 12.2 Å². The van der Waals surface area contributed by atoms with Crippen molar-refractivity contribution in [2.75, 3.05) is 0 Å². The largest absolute Gasteiger partial charge is 0.389 e. The lowest BCUT2D eigenvalue weighted by Crippen LogP contribution is -2.33. The Morgan fingerprint density at radius 3 is 2.48 bits per heavy atom. The Hall–Kier alpha value is -2.21. The molecule has 0 unspecified atom stereocenters. The van der Waals surface area contributed by atoms with E-state index in [1.54, 1.807) is 13.8 Å². The van der Waals surface area contributed by atoms with E-state index < -0.39 is 0 Å². The van der Waals surface area contributed by atoms with Crippen molar-refractivity contribution in [3.63, 3.8) is 0 Å². The van der Waals surface area contributed by atoms with Crippen LogP contribution in [-0.2, 0) is 6.54 Å². The number of nitrogens with one attached hydrogen (secondary N) is 1. The van der Waals surface area contributed by atoms with Crippen LogP contribution in [0.15, 0.2) is 27.8 Å². The van der Waals surface area contributed by atoms with E-state index in [0.29, 0.717) is 22.7 Å². The smallest absolute Gasteiger partial charge is 0.268 e. The number of nitrogens with two attached hydrogens (primary N) is 1. The van der Waals surface area contributed by atoms with E-state index >= 15 is 0 Å². The molecule has 3 N–H and O–H groups in total. The van der Waals surface area contributed by atoms with Crippen LogP contribution in [0.4, 0.5) is 0 Å². The molecule has 0 atom stereocenters. The molecule has 1 aromatic carbocycles. The van der Waals surface area contributed by atoms with E-state index in [1.165, 1.54) is 4.68 Å². The molecule has 110 valence electrons. The fourth-order valence-electron chi connectivity index (χ4n) is 2.10. The van der Waals surface area contributed by atoms with Crippen LogP contribution in [0.5, 0.6) is 0 Å². The van der Waals surface area contributed by atoms with Gasteiger partial charge < -0.3 is 5.73 Å². The van der Waals surface area contributed by atoms with Gasteiger partial charge in [-0.15, -0.1) is 0 Å².